The summed E-state index contributed by atoms with van der Waals surface area (Å²) in [7, 11) is 2.20. The zero-order valence-electron chi connectivity index (χ0n) is 10.1. The lowest BCUT2D eigenvalue weighted by Gasteiger charge is -2.30. The third kappa shape index (κ3) is 2.45. The van der Waals surface area contributed by atoms with Crippen molar-refractivity contribution >= 4 is 27.1 Å². The van der Waals surface area contributed by atoms with Crippen molar-refractivity contribution in [3.8, 4) is 0 Å². The fourth-order valence-electron chi connectivity index (χ4n) is 2.58. The van der Waals surface area contributed by atoms with Crippen LogP contribution in [0.5, 0.6) is 0 Å². The van der Waals surface area contributed by atoms with Gasteiger partial charge in [0.05, 0.1) is 0 Å². The molecule has 1 aromatic heterocycles. The van der Waals surface area contributed by atoms with E-state index >= 15 is 0 Å². The molecule has 1 aliphatic heterocycles. The standard InChI is InChI=1S/C14H18N2S/c1-16-7-2-3-13(10-16)15-12-4-5-14-11(9-12)6-8-17-14/h4-6,8-9,13,15H,2-3,7,10H2,1H3. The SMILES string of the molecule is CN1CCCC(Nc2ccc3sccc3c2)C1. The number of nitrogens with zero attached hydrogens (tertiary/aromatic N) is 1. The van der Waals surface area contributed by atoms with Crippen molar-refractivity contribution in [1.82, 2.24) is 4.90 Å². The molecule has 3 heteroatoms. The number of rotatable bonds is 2. The molecule has 1 unspecified atom stereocenters. The minimum Gasteiger partial charge on any atom is -0.381 e. The first-order valence-corrected chi connectivity index (χ1v) is 7.11. The van der Waals surface area contributed by atoms with Gasteiger partial charge < -0.3 is 10.2 Å². The Bertz CT molecular complexity index is 506. The maximum atomic E-state index is 3.66. The minimum absolute atomic E-state index is 0.602. The first-order valence-electron chi connectivity index (χ1n) is 6.23. The van der Waals surface area contributed by atoms with Gasteiger partial charge in [-0.1, -0.05) is 0 Å². The lowest BCUT2D eigenvalue weighted by Crippen LogP contribution is -2.39. The van der Waals surface area contributed by atoms with E-state index < -0.39 is 0 Å². The van der Waals surface area contributed by atoms with Crippen LogP contribution in [-0.2, 0) is 0 Å². The number of likely N-dealkylation sites (tertiary alicyclic amines) is 1. The summed E-state index contributed by atoms with van der Waals surface area (Å²) in [4.78, 5) is 2.41. The highest BCUT2D eigenvalue weighted by atomic mass is 32.1. The van der Waals surface area contributed by atoms with Gasteiger partial charge in [-0.15, -0.1) is 11.3 Å². The lowest BCUT2D eigenvalue weighted by molar-refractivity contribution is 0.261. The molecule has 0 radical (unpaired) electrons. The first-order chi connectivity index (χ1) is 8.31. The summed E-state index contributed by atoms with van der Waals surface area (Å²) in [6.07, 6.45) is 2.58. The van der Waals surface area contributed by atoms with Crippen LogP contribution >= 0.6 is 11.3 Å². The summed E-state index contributed by atoms with van der Waals surface area (Å²) >= 11 is 1.81. The normalized spacial score (nSPS) is 21.8. The number of thiophene rings is 1. The van der Waals surface area contributed by atoms with E-state index in [-0.39, 0.29) is 0 Å². The van der Waals surface area contributed by atoms with Gasteiger partial charge in [0.25, 0.3) is 0 Å². The Kier molecular flexibility index (Phi) is 3.04. The minimum atomic E-state index is 0.602. The second-order valence-electron chi connectivity index (χ2n) is 4.92. The molecule has 0 amide bonds. The molecule has 0 bridgehead atoms. The molecule has 1 saturated heterocycles. The third-order valence-electron chi connectivity index (χ3n) is 3.45. The number of nitrogens with one attached hydrogen (secondary N) is 1. The zero-order chi connectivity index (χ0) is 11.7. The monoisotopic (exact) mass is 246 g/mol. The Morgan fingerprint density at radius 3 is 3.18 bits per heavy atom. The Morgan fingerprint density at radius 2 is 2.29 bits per heavy atom. The Balaban J connectivity index is 1.75. The molecule has 2 aromatic rings. The Morgan fingerprint density at radius 1 is 1.35 bits per heavy atom. The highest BCUT2D eigenvalue weighted by Gasteiger charge is 2.16. The van der Waals surface area contributed by atoms with E-state index in [1.165, 1.54) is 35.2 Å². The average Bonchev–Trinajstić information content (AvgIpc) is 2.76. The summed E-state index contributed by atoms with van der Waals surface area (Å²) in [5, 5.41) is 7.16. The summed E-state index contributed by atoms with van der Waals surface area (Å²) in [6, 6.07) is 9.48. The topological polar surface area (TPSA) is 15.3 Å². The molecule has 1 aliphatic rings. The smallest absolute Gasteiger partial charge is 0.0388 e. The molecule has 3 rings (SSSR count). The fraction of sp³-hybridized carbons (Fsp3) is 0.429. The van der Waals surface area contributed by atoms with E-state index in [9.17, 15) is 0 Å². The maximum absolute atomic E-state index is 3.66. The number of piperidine rings is 1. The van der Waals surface area contributed by atoms with Crippen LogP contribution < -0.4 is 5.32 Å². The lowest BCUT2D eigenvalue weighted by atomic mass is 10.1. The van der Waals surface area contributed by atoms with Crippen molar-refractivity contribution in [2.75, 3.05) is 25.5 Å². The molecular weight excluding hydrogens is 228 g/mol. The maximum Gasteiger partial charge on any atom is 0.0388 e. The van der Waals surface area contributed by atoms with Crippen molar-refractivity contribution in [2.24, 2.45) is 0 Å². The second kappa shape index (κ2) is 4.67. The van der Waals surface area contributed by atoms with Crippen LogP contribution in [0.4, 0.5) is 5.69 Å². The highest BCUT2D eigenvalue weighted by molar-refractivity contribution is 7.17. The van der Waals surface area contributed by atoms with Crippen LogP contribution in [-0.4, -0.2) is 31.1 Å². The molecule has 1 aromatic carbocycles. The van der Waals surface area contributed by atoms with Crippen LogP contribution in [0.25, 0.3) is 10.1 Å². The van der Waals surface area contributed by atoms with E-state index in [0.717, 1.165) is 6.54 Å². The molecule has 17 heavy (non-hydrogen) atoms. The van der Waals surface area contributed by atoms with Gasteiger partial charge in [-0.25, -0.2) is 0 Å². The highest BCUT2D eigenvalue weighted by Crippen LogP contribution is 2.25. The van der Waals surface area contributed by atoms with Gasteiger partial charge in [-0.2, -0.15) is 0 Å². The Labute approximate surface area is 106 Å². The van der Waals surface area contributed by atoms with Crippen LogP contribution in [0, 0.1) is 0 Å². The van der Waals surface area contributed by atoms with Gasteiger partial charge in [-0.05, 0) is 61.5 Å². The average molecular weight is 246 g/mol. The van der Waals surface area contributed by atoms with E-state index in [2.05, 4.69) is 46.9 Å². The van der Waals surface area contributed by atoms with E-state index in [1.807, 2.05) is 0 Å². The van der Waals surface area contributed by atoms with Crippen molar-refractivity contribution in [2.45, 2.75) is 18.9 Å². The van der Waals surface area contributed by atoms with Crippen LogP contribution in [0.15, 0.2) is 29.6 Å². The quantitative estimate of drug-likeness (QED) is 0.873. The van der Waals surface area contributed by atoms with Gasteiger partial charge in [0.2, 0.25) is 0 Å². The van der Waals surface area contributed by atoms with Gasteiger partial charge in [0.15, 0.2) is 0 Å². The Hall–Kier alpha value is -1.06. The first kappa shape index (κ1) is 11.1. The fourth-order valence-corrected chi connectivity index (χ4v) is 3.35. The summed E-state index contributed by atoms with van der Waals surface area (Å²) < 4.78 is 1.37. The second-order valence-corrected chi connectivity index (χ2v) is 5.87. The summed E-state index contributed by atoms with van der Waals surface area (Å²) in [5.41, 5.74) is 1.26. The van der Waals surface area contributed by atoms with Gasteiger partial charge in [-0.3, -0.25) is 0 Å². The van der Waals surface area contributed by atoms with Crippen molar-refractivity contribution < 1.29 is 0 Å². The van der Waals surface area contributed by atoms with Gasteiger partial charge in [0.1, 0.15) is 0 Å². The molecule has 1 N–H and O–H groups in total. The van der Waals surface area contributed by atoms with Crippen molar-refractivity contribution in [3.05, 3.63) is 29.6 Å². The molecular formula is C14H18N2S. The molecule has 1 fully saturated rings. The van der Waals surface area contributed by atoms with Crippen LogP contribution in [0.2, 0.25) is 0 Å². The molecule has 2 nitrogen and oxygen atoms in total. The summed E-state index contributed by atoms with van der Waals surface area (Å²) in [6.45, 7) is 2.39. The predicted molar refractivity (Wildman–Crippen MR) is 76.0 cm³/mol. The van der Waals surface area contributed by atoms with Crippen molar-refractivity contribution in [3.63, 3.8) is 0 Å². The molecule has 2 heterocycles. The molecule has 0 spiro atoms. The molecule has 90 valence electrons. The van der Waals surface area contributed by atoms with E-state index in [4.69, 9.17) is 0 Å². The summed E-state index contributed by atoms with van der Waals surface area (Å²) in [5.74, 6) is 0. The van der Waals surface area contributed by atoms with E-state index in [0.29, 0.717) is 6.04 Å². The number of hydrogen-bond donors (Lipinski definition) is 1. The number of fused-ring (bicyclic) bond motifs is 1. The van der Waals surface area contributed by atoms with Crippen LogP contribution in [0.1, 0.15) is 12.8 Å². The third-order valence-corrected chi connectivity index (χ3v) is 4.35. The number of benzene rings is 1. The molecule has 0 aliphatic carbocycles. The number of anilines is 1. The van der Waals surface area contributed by atoms with Gasteiger partial charge >= 0.3 is 0 Å². The van der Waals surface area contributed by atoms with Crippen molar-refractivity contribution in [1.29, 1.82) is 0 Å². The van der Waals surface area contributed by atoms with E-state index in [1.54, 1.807) is 11.3 Å². The predicted octanol–water partition coefficient (Wildman–Crippen LogP) is 3.41. The van der Waals surface area contributed by atoms with Crippen LogP contribution in [0.3, 0.4) is 0 Å². The zero-order valence-corrected chi connectivity index (χ0v) is 11.0. The molecule has 1 atom stereocenters. The van der Waals surface area contributed by atoms with Gasteiger partial charge in [0, 0.05) is 23.0 Å². The number of hydrogen-bond acceptors (Lipinski definition) is 3. The largest absolute Gasteiger partial charge is 0.381 e. The molecule has 0 saturated carbocycles. The number of likely N-dealkylation sites (N-methyl/N-ethyl adjacent to an activating group) is 1.